The van der Waals surface area contributed by atoms with Crippen LogP contribution >= 0.6 is 0 Å². The topological polar surface area (TPSA) is 95.7 Å². The number of esters is 2. The molecule has 0 amide bonds. The second kappa shape index (κ2) is 16.8. The fraction of sp³-hybridized carbons (Fsp3) is 0.895. The molecule has 0 spiro atoms. The Morgan fingerprint density at radius 1 is 0.769 bits per heavy atom. The molecule has 0 aromatic carbocycles. The normalized spacial score (nSPS) is 11.8. The van der Waals surface area contributed by atoms with Gasteiger partial charge in [-0.05, 0) is 12.8 Å². The van der Waals surface area contributed by atoms with Gasteiger partial charge in [0.2, 0.25) is 6.04 Å². The maximum Gasteiger partial charge on any atom is 0.312 e. The lowest BCUT2D eigenvalue weighted by molar-refractivity contribution is -0.522. The Bertz CT molecular complexity index is 399. The van der Waals surface area contributed by atoms with Crippen molar-refractivity contribution in [2.75, 3.05) is 14.2 Å². The third-order valence-electron chi connectivity index (χ3n) is 4.57. The highest BCUT2D eigenvalue weighted by Crippen LogP contribution is 2.15. The molecule has 0 aromatic rings. The highest BCUT2D eigenvalue weighted by Gasteiger charge is 2.23. The first-order valence-corrected chi connectivity index (χ1v) is 9.78. The molecule has 0 fully saturated rings. The van der Waals surface area contributed by atoms with E-state index in [1.807, 2.05) is 0 Å². The van der Waals surface area contributed by atoms with Crippen LogP contribution in [0.1, 0.15) is 89.9 Å². The summed E-state index contributed by atoms with van der Waals surface area (Å²) in [6.07, 6.45) is 12.8. The number of hydrogen-bond donors (Lipinski definition) is 0. The van der Waals surface area contributed by atoms with Crippen molar-refractivity contribution < 1.29 is 24.0 Å². The molecule has 0 heterocycles. The van der Waals surface area contributed by atoms with Gasteiger partial charge in [-0.1, -0.05) is 57.8 Å². The molecule has 0 aliphatic rings. The van der Waals surface area contributed by atoms with Crippen LogP contribution in [0.5, 0.6) is 0 Å². The zero-order valence-corrected chi connectivity index (χ0v) is 16.4. The monoisotopic (exact) mass is 373 g/mol. The molecule has 1 unspecified atom stereocenters. The van der Waals surface area contributed by atoms with E-state index in [2.05, 4.69) is 9.47 Å². The minimum absolute atomic E-state index is 0.125. The number of ether oxygens (including phenoxy) is 2. The van der Waals surface area contributed by atoms with Gasteiger partial charge >= 0.3 is 11.9 Å². The molecule has 0 aromatic heterocycles. The Balaban J connectivity index is 3.41. The number of methoxy groups -OCH3 is 2. The van der Waals surface area contributed by atoms with Crippen molar-refractivity contribution in [3.63, 3.8) is 0 Å². The van der Waals surface area contributed by atoms with Crippen LogP contribution in [0.15, 0.2) is 0 Å². The second-order valence-electron chi connectivity index (χ2n) is 6.72. The Hall–Kier alpha value is -1.66. The van der Waals surface area contributed by atoms with Crippen LogP contribution in [0.4, 0.5) is 0 Å². The Labute approximate surface area is 157 Å². The molecule has 26 heavy (non-hydrogen) atoms. The molecule has 0 aliphatic carbocycles. The van der Waals surface area contributed by atoms with Gasteiger partial charge in [-0.15, -0.1) is 0 Å². The summed E-state index contributed by atoms with van der Waals surface area (Å²) < 4.78 is 9.10. The van der Waals surface area contributed by atoms with Gasteiger partial charge in [-0.25, -0.2) is 0 Å². The number of nitrogens with zero attached hydrogens (tertiary/aromatic N) is 1. The average molecular weight is 373 g/mol. The van der Waals surface area contributed by atoms with E-state index in [1.54, 1.807) is 0 Å². The highest BCUT2D eigenvalue weighted by atomic mass is 16.6. The van der Waals surface area contributed by atoms with Crippen molar-refractivity contribution in [3.8, 4) is 0 Å². The fourth-order valence-corrected chi connectivity index (χ4v) is 2.90. The molecule has 7 nitrogen and oxygen atoms in total. The van der Waals surface area contributed by atoms with E-state index in [0.717, 1.165) is 38.5 Å². The minimum Gasteiger partial charge on any atom is -0.469 e. The summed E-state index contributed by atoms with van der Waals surface area (Å²) in [7, 11) is 2.67. The average Bonchev–Trinajstić information content (AvgIpc) is 2.63. The van der Waals surface area contributed by atoms with E-state index >= 15 is 0 Å². The van der Waals surface area contributed by atoms with Crippen LogP contribution in [-0.4, -0.2) is 37.1 Å². The van der Waals surface area contributed by atoms with Gasteiger partial charge in [-0.3, -0.25) is 19.7 Å². The summed E-state index contributed by atoms with van der Waals surface area (Å²) in [5.74, 6) is -0.642. The predicted molar refractivity (Wildman–Crippen MR) is 99.5 cm³/mol. The van der Waals surface area contributed by atoms with Crippen LogP contribution in [0, 0.1) is 10.1 Å². The quantitative estimate of drug-likeness (QED) is 0.162. The molecule has 0 saturated heterocycles. The minimum atomic E-state index is -0.818. The van der Waals surface area contributed by atoms with Gasteiger partial charge in [0.15, 0.2) is 0 Å². The Morgan fingerprint density at radius 2 is 1.19 bits per heavy atom. The van der Waals surface area contributed by atoms with E-state index in [9.17, 15) is 19.7 Å². The van der Waals surface area contributed by atoms with Crippen LogP contribution < -0.4 is 0 Å². The van der Waals surface area contributed by atoms with Gasteiger partial charge in [0.25, 0.3) is 0 Å². The van der Waals surface area contributed by atoms with Crippen molar-refractivity contribution in [1.82, 2.24) is 0 Å². The Morgan fingerprint density at radius 3 is 1.62 bits per heavy atom. The lowest BCUT2D eigenvalue weighted by atomic mass is 10.0. The van der Waals surface area contributed by atoms with E-state index < -0.39 is 12.0 Å². The third kappa shape index (κ3) is 14.7. The zero-order valence-electron chi connectivity index (χ0n) is 16.4. The highest BCUT2D eigenvalue weighted by molar-refractivity contribution is 5.69. The van der Waals surface area contributed by atoms with Crippen molar-refractivity contribution in [2.45, 2.75) is 95.9 Å². The second-order valence-corrected chi connectivity index (χ2v) is 6.72. The summed E-state index contributed by atoms with van der Waals surface area (Å²) in [6.45, 7) is 0. The lowest BCUT2D eigenvalue weighted by Gasteiger charge is -2.08. The van der Waals surface area contributed by atoms with E-state index in [1.165, 1.54) is 46.3 Å². The maximum atomic E-state index is 11.1. The first kappa shape index (κ1) is 24.3. The van der Waals surface area contributed by atoms with Crippen LogP contribution in [-0.2, 0) is 19.1 Å². The van der Waals surface area contributed by atoms with Gasteiger partial charge in [-0.2, -0.15) is 0 Å². The van der Waals surface area contributed by atoms with E-state index in [4.69, 9.17) is 0 Å². The first-order chi connectivity index (χ1) is 12.5. The summed E-state index contributed by atoms with van der Waals surface area (Å²) in [6, 6.07) is -0.818. The molecule has 7 heteroatoms. The molecule has 152 valence electrons. The predicted octanol–water partition coefficient (Wildman–Crippen LogP) is 4.44. The SMILES string of the molecule is COC(=O)CCCCCCCCCCCCCC(CC(=O)OC)[N+](=O)[O-]. The number of rotatable bonds is 17. The number of unbranched alkanes of at least 4 members (excludes halogenated alkanes) is 10. The zero-order chi connectivity index (χ0) is 19.6. The van der Waals surface area contributed by atoms with Crippen molar-refractivity contribution >= 4 is 11.9 Å². The van der Waals surface area contributed by atoms with Gasteiger partial charge < -0.3 is 9.47 Å². The molecule has 1 atom stereocenters. The molecule has 0 aliphatic heterocycles. The van der Waals surface area contributed by atoms with Crippen molar-refractivity contribution in [3.05, 3.63) is 10.1 Å². The summed E-state index contributed by atoms with van der Waals surface area (Å²) >= 11 is 0. The molecular weight excluding hydrogens is 338 g/mol. The Kier molecular flexibility index (Phi) is 15.7. The number of nitro groups is 1. The number of carbonyl (C=O) groups is 2. The third-order valence-corrected chi connectivity index (χ3v) is 4.57. The van der Waals surface area contributed by atoms with E-state index in [-0.39, 0.29) is 17.3 Å². The van der Waals surface area contributed by atoms with Gasteiger partial charge in [0.05, 0.1) is 14.2 Å². The number of carbonyl (C=O) groups excluding carboxylic acids is 2. The first-order valence-electron chi connectivity index (χ1n) is 9.78. The van der Waals surface area contributed by atoms with Crippen LogP contribution in [0.3, 0.4) is 0 Å². The molecule has 0 bridgehead atoms. The molecule has 0 saturated carbocycles. The molecule has 0 N–H and O–H groups in total. The summed E-state index contributed by atoms with van der Waals surface area (Å²) in [5.41, 5.74) is 0. The largest absolute Gasteiger partial charge is 0.469 e. The molecule has 0 rings (SSSR count). The molecule has 0 radical (unpaired) electrons. The van der Waals surface area contributed by atoms with Crippen LogP contribution in [0.25, 0.3) is 0 Å². The maximum absolute atomic E-state index is 11.1. The van der Waals surface area contributed by atoms with Gasteiger partial charge in [0.1, 0.15) is 6.42 Å². The summed E-state index contributed by atoms with van der Waals surface area (Å²) in [4.78, 5) is 32.6. The van der Waals surface area contributed by atoms with Crippen molar-refractivity contribution in [2.24, 2.45) is 0 Å². The lowest BCUT2D eigenvalue weighted by Crippen LogP contribution is -2.23. The van der Waals surface area contributed by atoms with Gasteiger partial charge in [0, 0.05) is 17.8 Å². The standard InChI is InChI=1S/C19H35NO6/c1-25-18(21)15-13-11-9-7-5-3-4-6-8-10-12-14-17(20(23)24)16-19(22)26-2/h17H,3-16H2,1-2H3. The van der Waals surface area contributed by atoms with Crippen molar-refractivity contribution in [1.29, 1.82) is 0 Å². The van der Waals surface area contributed by atoms with Crippen LogP contribution in [0.2, 0.25) is 0 Å². The smallest absolute Gasteiger partial charge is 0.312 e. The molecular formula is C19H35NO6. The fourth-order valence-electron chi connectivity index (χ4n) is 2.90. The summed E-state index contributed by atoms with van der Waals surface area (Å²) in [5, 5.41) is 10.9. The van der Waals surface area contributed by atoms with E-state index in [0.29, 0.717) is 12.8 Å². The number of hydrogen-bond acceptors (Lipinski definition) is 6.